The Balaban J connectivity index is 3.07. The van der Waals surface area contributed by atoms with Crippen molar-refractivity contribution in [2.24, 2.45) is 0 Å². The van der Waals surface area contributed by atoms with Crippen LogP contribution in [0.4, 0.5) is 4.39 Å². The molecule has 0 aliphatic rings. The second kappa shape index (κ2) is 8.86. The van der Waals surface area contributed by atoms with Crippen LogP contribution in [0.3, 0.4) is 0 Å². The predicted molar refractivity (Wildman–Crippen MR) is 90.2 cm³/mol. The summed E-state index contributed by atoms with van der Waals surface area (Å²) in [5.74, 6) is -0.210. The summed E-state index contributed by atoms with van der Waals surface area (Å²) < 4.78 is 20.4. The van der Waals surface area contributed by atoms with Crippen molar-refractivity contribution < 1.29 is 9.13 Å². The van der Waals surface area contributed by atoms with Gasteiger partial charge in [0.1, 0.15) is 5.82 Å². The molecule has 1 unspecified atom stereocenters. The molecule has 1 atom stereocenters. The molecule has 21 heavy (non-hydrogen) atoms. The van der Waals surface area contributed by atoms with Gasteiger partial charge in [-0.25, -0.2) is 4.39 Å². The Bertz CT molecular complexity index is 435. The van der Waals surface area contributed by atoms with Crippen molar-refractivity contribution in [1.29, 1.82) is 0 Å². The average Bonchev–Trinajstić information content (AvgIpc) is 2.49. The van der Waals surface area contributed by atoms with Crippen LogP contribution in [-0.2, 0) is 11.2 Å². The van der Waals surface area contributed by atoms with Crippen LogP contribution < -0.4 is 5.32 Å². The van der Waals surface area contributed by atoms with Gasteiger partial charge in [0.15, 0.2) is 0 Å². The molecule has 4 heteroatoms. The van der Waals surface area contributed by atoms with E-state index in [0.29, 0.717) is 11.1 Å². The van der Waals surface area contributed by atoms with E-state index in [9.17, 15) is 4.39 Å². The van der Waals surface area contributed by atoms with E-state index in [0.717, 1.165) is 31.4 Å². The van der Waals surface area contributed by atoms with Gasteiger partial charge in [-0.3, -0.25) is 0 Å². The predicted octanol–water partition coefficient (Wildman–Crippen LogP) is 4.70. The Labute approximate surface area is 136 Å². The van der Waals surface area contributed by atoms with E-state index in [1.165, 1.54) is 6.07 Å². The van der Waals surface area contributed by atoms with Gasteiger partial charge in [-0.15, -0.1) is 0 Å². The first-order valence-electron chi connectivity index (χ1n) is 7.84. The van der Waals surface area contributed by atoms with Gasteiger partial charge >= 0.3 is 0 Å². The minimum atomic E-state index is -0.212. The van der Waals surface area contributed by atoms with E-state index < -0.39 is 0 Å². The Kier molecular flexibility index (Phi) is 7.85. The third-order valence-electron chi connectivity index (χ3n) is 4.17. The lowest BCUT2D eigenvalue weighted by molar-refractivity contribution is -0.0716. The fraction of sp³-hybridized carbons (Fsp3) is 0.647. The third-order valence-corrected chi connectivity index (χ3v) is 5.06. The second-order valence-corrected chi connectivity index (χ2v) is 6.03. The van der Waals surface area contributed by atoms with Gasteiger partial charge < -0.3 is 10.1 Å². The maximum atomic E-state index is 13.7. The summed E-state index contributed by atoms with van der Waals surface area (Å²) in [6, 6.07) is 5.37. The monoisotopic (exact) mass is 359 g/mol. The minimum Gasteiger partial charge on any atom is -0.374 e. The molecule has 0 amide bonds. The van der Waals surface area contributed by atoms with Crippen molar-refractivity contribution in [1.82, 2.24) is 5.32 Å². The lowest BCUT2D eigenvalue weighted by Gasteiger charge is -2.40. The molecule has 0 fully saturated rings. The van der Waals surface area contributed by atoms with Gasteiger partial charge in [-0.2, -0.15) is 0 Å². The van der Waals surface area contributed by atoms with E-state index >= 15 is 0 Å². The molecule has 0 saturated carbocycles. The molecule has 1 aromatic rings. The quantitative estimate of drug-likeness (QED) is 0.689. The van der Waals surface area contributed by atoms with Gasteiger partial charge in [-0.1, -0.05) is 32.9 Å². The zero-order chi connectivity index (χ0) is 15.9. The Morgan fingerprint density at radius 3 is 2.43 bits per heavy atom. The number of benzene rings is 1. The zero-order valence-electron chi connectivity index (χ0n) is 13.5. The number of halogens is 2. The summed E-state index contributed by atoms with van der Waals surface area (Å²) in [4.78, 5) is 0. The SMILES string of the molecule is CCNC(Cc1cccc(F)c1Br)C(CC)(CC)OCC. The minimum absolute atomic E-state index is 0.163. The molecule has 0 aromatic heterocycles. The van der Waals surface area contributed by atoms with Gasteiger partial charge in [0.25, 0.3) is 0 Å². The van der Waals surface area contributed by atoms with E-state index in [-0.39, 0.29) is 17.5 Å². The number of rotatable bonds is 9. The van der Waals surface area contributed by atoms with Crippen molar-refractivity contribution in [3.8, 4) is 0 Å². The first-order valence-corrected chi connectivity index (χ1v) is 8.64. The molecule has 1 N–H and O–H groups in total. The van der Waals surface area contributed by atoms with E-state index in [1.54, 1.807) is 6.07 Å². The molecular weight excluding hydrogens is 333 g/mol. The van der Waals surface area contributed by atoms with Gasteiger partial charge in [0.2, 0.25) is 0 Å². The molecular formula is C17H27BrFNO. The second-order valence-electron chi connectivity index (χ2n) is 5.23. The van der Waals surface area contributed by atoms with Gasteiger partial charge in [0.05, 0.1) is 10.1 Å². The Morgan fingerprint density at radius 2 is 1.90 bits per heavy atom. The molecule has 0 radical (unpaired) electrons. The molecule has 0 aliphatic carbocycles. The fourth-order valence-corrected chi connectivity index (χ4v) is 3.38. The van der Waals surface area contributed by atoms with Crippen molar-refractivity contribution in [2.75, 3.05) is 13.2 Å². The summed E-state index contributed by atoms with van der Waals surface area (Å²) >= 11 is 3.37. The molecule has 0 aliphatic heterocycles. The van der Waals surface area contributed by atoms with Crippen molar-refractivity contribution >= 4 is 15.9 Å². The molecule has 1 aromatic carbocycles. The first kappa shape index (κ1) is 18.6. The van der Waals surface area contributed by atoms with Gasteiger partial charge in [-0.05, 0) is 60.3 Å². The third kappa shape index (κ3) is 4.51. The molecule has 2 nitrogen and oxygen atoms in total. The summed E-state index contributed by atoms with van der Waals surface area (Å²) in [5, 5.41) is 3.54. The molecule has 0 heterocycles. The number of ether oxygens (including phenoxy) is 1. The standard InChI is InChI=1S/C17H27BrFNO/c1-5-17(6-2,21-8-4)15(20-7-3)12-13-10-9-11-14(19)16(13)18/h9-11,15,20H,5-8,12H2,1-4H3. The fourth-order valence-electron chi connectivity index (χ4n) is 2.95. The summed E-state index contributed by atoms with van der Waals surface area (Å²) in [7, 11) is 0. The smallest absolute Gasteiger partial charge is 0.137 e. The molecule has 0 spiro atoms. The summed E-state index contributed by atoms with van der Waals surface area (Å²) in [5.41, 5.74) is 0.767. The van der Waals surface area contributed by atoms with Crippen LogP contribution in [0.15, 0.2) is 22.7 Å². The van der Waals surface area contributed by atoms with Crippen LogP contribution >= 0.6 is 15.9 Å². The lowest BCUT2D eigenvalue weighted by atomic mass is 9.84. The Hall–Kier alpha value is -0.450. The van der Waals surface area contributed by atoms with Crippen molar-refractivity contribution in [3.63, 3.8) is 0 Å². The highest BCUT2D eigenvalue weighted by Gasteiger charge is 2.36. The van der Waals surface area contributed by atoms with Crippen molar-refractivity contribution in [3.05, 3.63) is 34.1 Å². The largest absolute Gasteiger partial charge is 0.374 e. The zero-order valence-corrected chi connectivity index (χ0v) is 15.1. The number of hydrogen-bond acceptors (Lipinski definition) is 2. The molecule has 0 saturated heterocycles. The van der Waals surface area contributed by atoms with Crippen LogP contribution in [0, 0.1) is 5.82 Å². The molecule has 0 bridgehead atoms. The van der Waals surface area contributed by atoms with Crippen LogP contribution in [0.25, 0.3) is 0 Å². The van der Waals surface area contributed by atoms with Crippen LogP contribution in [0.2, 0.25) is 0 Å². The van der Waals surface area contributed by atoms with E-state index in [4.69, 9.17) is 4.74 Å². The van der Waals surface area contributed by atoms with E-state index in [1.807, 2.05) is 13.0 Å². The number of nitrogens with one attached hydrogen (secondary N) is 1. The normalized spacial score (nSPS) is 13.4. The number of likely N-dealkylation sites (N-methyl/N-ethyl adjacent to an activating group) is 1. The highest BCUT2D eigenvalue weighted by molar-refractivity contribution is 9.10. The Morgan fingerprint density at radius 1 is 1.24 bits per heavy atom. The average molecular weight is 360 g/mol. The highest BCUT2D eigenvalue weighted by Crippen LogP contribution is 2.30. The first-order chi connectivity index (χ1) is 10.0. The maximum Gasteiger partial charge on any atom is 0.137 e. The molecule has 120 valence electrons. The summed E-state index contributed by atoms with van der Waals surface area (Å²) in [6.45, 7) is 9.99. The highest BCUT2D eigenvalue weighted by atomic mass is 79.9. The maximum absolute atomic E-state index is 13.7. The summed E-state index contributed by atoms with van der Waals surface area (Å²) in [6.07, 6.45) is 2.61. The van der Waals surface area contributed by atoms with Crippen LogP contribution in [0.5, 0.6) is 0 Å². The number of hydrogen-bond donors (Lipinski definition) is 1. The van der Waals surface area contributed by atoms with Crippen LogP contribution in [-0.4, -0.2) is 24.8 Å². The molecule has 1 rings (SSSR count). The van der Waals surface area contributed by atoms with Crippen LogP contribution in [0.1, 0.15) is 46.1 Å². The van der Waals surface area contributed by atoms with Gasteiger partial charge in [0, 0.05) is 12.6 Å². The van der Waals surface area contributed by atoms with E-state index in [2.05, 4.69) is 42.0 Å². The van der Waals surface area contributed by atoms with Crippen molar-refractivity contribution in [2.45, 2.75) is 58.6 Å². The topological polar surface area (TPSA) is 21.3 Å². The lowest BCUT2D eigenvalue weighted by Crippen LogP contribution is -2.53.